The highest BCUT2D eigenvalue weighted by Gasteiger charge is 2.22. The molecule has 0 radical (unpaired) electrons. The number of nitrogens with zero attached hydrogens (tertiary/aromatic N) is 2. The van der Waals surface area contributed by atoms with Gasteiger partial charge < -0.3 is 4.57 Å². The Kier molecular flexibility index (Phi) is 3.35. The minimum atomic E-state index is -1.10. The van der Waals surface area contributed by atoms with Gasteiger partial charge in [-0.15, -0.1) is 0 Å². The van der Waals surface area contributed by atoms with E-state index in [9.17, 15) is 23.2 Å². The second-order valence-corrected chi connectivity index (χ2v) is 4.23. The molecule has 0 unspecified atom stereocenters. The molecule has 0 N–H and O–H groups in total. The molecule has 5 nitrogen and oxygen atoms in total. The monoisotopic (exact) mass is 280 g/mol. The van der Waals surface area contributed by atoms with E-state index in [4.69, 9.17) is 0 Å². The van der Waals surface area contributed by atoms with Crippen LogP contribution in [-0.4, -0.2) is 14.9 Å². The molecule has 7 heteroatoms. The summed E-state index contributed by atoms with van der Waals surface area (Å²) in [6.45, 7) is 0. The van der Waals surface area contributed by atoms with E-state index in [0.717, 1.165) is 29.0 Å². The molecule has 0 aliphatic carbocycles. The highest BCUT2D eigenvalue weighted by molar-refractivity contribution is 6.08. The number of benzene rings is 1. The number of ketones is 1. The summed E-state index contributed by atoms with van der Waals surface area (Å²) in [5, 5.41) is 0. The van der Waals surface area contributed by atoms with Gasteiger partial charge in [-0.25, -0.2) is 13.6 Å². The summed E-state index contributed by atoms with van der Waals surface area (Å²) < 4.78 is 28.8. The molecular formula is C13H10F2N2O3. The molecule has 1 aromatic carbocycles. The third-order valence-electron chi connectivity index (χ3n) is 2.88. The summed E-state index contributed by atoms with van der Waals surface area (Å²) in [6, 6.07) is 2.95. The minimum absolute atomic E-state index is 0.474. The minimum Gasteiger partial charge on any atom is -0.303 e. The average molecular weight is 280 g/mol. The molecule has 0 saturated heterocycles. The first-order chi connectivity index (χ1) is 9.34. The van der Waals surface area contributed by atoms with Gasteiger partial charge in [0.05, 0.1) is 5.56 Å². The molecule has 0 aliphatic rings. The summed E-state index contributed by atoms with van der Waals surface area (Å²) >= 11 is 0. The Morgan fingerprint density at radius 2 is 1.65 bits per heavy atom. The second kappa shape index (κ2) is 4.84. The molecule has 0 bridgehead atoms. The van der Waals surface area contributed by atoms with E-state index in [1.807, 2.05) is 0 Å². The van der Waals surface area contributed by atoms with Crippen LogP contribution in [0.15, 0.2) is 34.0 Å². The van der Waals surface area contributed by atoms with Crippen LogP contribution < -0.4 is 11.2 Å². The molecule has 1 heterocycles. The van der Waals surface area contributed by atoms with Gasteiger partial charge in [0.15, 0.2) is 0 Å². The van der Waals surface area contributed by atoms with Crippen LogP contribution in [0.1, 0.15) is 15.9 Å². The lowest BCUT2D eigenvalue weighted by Gasteiger charge is -2.07. The van der Waals surface area contributed by atoms with E-state index in [1.165, 1.54) is 14.1 Å². The van der Waals surface area contributed by atoms with Crippen molar-refractivity contribution in [1.82, 2.24) is 9.13 Å². The number of hydrogen-bond donors (Lipinski definition) is 0. The molecule has 0 aliphatic heterocycles. The first-order valence-corrected chi connectivity index (χ1v) is 5.60. The summed E-state index contributed by atoms with van der Waals surface area (Å²) in [5.41, 5.74) is -2.83. The highest BCUT2D eigenvalue weighted by Crippen LogP contribution is 2.15. The van der Waals surface area contributed by atoms with Gasteiger partial charge in [0, 0.05) is 20.3 Å². The Labute approximate surface area is 111 Å². The van der Waals surface area contributed by atoms with E-state index in [1.54, 1.807) is 0 Å². The Bertz CT molecular complexity index is 801. The predicted octanol–water partition coefficient (Wildman–Crippen LogP) is 0.593. The SMILES string of the molecule is Cn1cc(C(=O)c2c(F)cccc2F)c(=O)n(C)c1=O. The van der Waals surface area contributed by atoms with Crippen molar-refractivity contribution >= 4 is 5.78 Å². The van der Waals surface area contributed by atoms with E-state index >= 15 is 0 Å². The van der Waals surface area contributed by atoms with Crippen LogP contribution in [-0.2, 0) is 14.1 Å². The summed E-state index contributed by atoms with van der Waals surface area (Å²) in [6.07, 6.45) is 0.971. The molecule has 0 amide bonds. The van der Waals surface area contributed by atoms with Crippen LogP contribution in [0, 0.1) is 11.6 Å². The molecule has 2 aromatic rings. The maximum absolute atomic E-state index is 13.6. The predicted molar refractivity (Wildman–Crippen MR) is 66.7 cm³/mol. The van der Waals surface area contributed by atoms with E-state index in [2.05, 4.69) is 0 Å². The third kappa shape index (κ3) is 2.07. The molecule has 2 rings (SSSR count). The van der Waals surface area contributed by atoms with Crippen molar-refractivity contribution in [3.05, 3.63) is 68.0 Å². The van der Waals surface area contributed by atoms with Crippen LogP contribution in [0.4, 0.5) is 8.78 Å². The fourth-order valence-corrected chi connectivity index (χ4v) is 1.81. The molecular weight excluding hydrogens is 270 g/mol. The lowest BCUT2D eigenvalue weighted by atomic mass is 10.0. The average Bonchev–Trinajstić information content (AvgIpc) is 2.40. The Morgan fingerprint density at radius 1 is 1.10 bits per heavy atom. The zero-order valence-corrected chi connectivity index (χ0v) is 10.7. The van der Waals surface area contributed by atoms with Gasteiger partial charge in [-0.2, -0.15) is 0 Å². The lowest BCUT2D eigenvalue weighted by molar-refractivity contribution is 0.102. The van der Waals surface area contributed by atoms with Crippen LogP contribution in [0.3, 0.4) is 0 Å². The number of carbonyl (C=O) groups excluding carboxylic acids is 1. The quantitative estimate of drug-likeness (QED) is 0.757. The maximum Gasteiger partial charge on any atom is 0.330 e. The van der Waals surface area contributed by atoms with Crippen molar-refractivity contribution in [3.8, 4) is 0 Å². The van der Waals surface area contributed by atoms with Crippen LogP contribution >= 0.6 is 0 Å². The summed E-state index contributed by atoms with van der Waals surface area (Å²) in [5.74, 6) is -3.23. The van der Waals surface area contributed by atoms with Crippen molar-refractivity contribution < 1.29 is 13.6 Å². The van der Waals surface area contributed by atoms with Crippen LogP contribution in [0.5, 0.6) is 0 Å². The maximum atomic E-state index is 13.6. The molecule has 104 valence electrons. The third-order valence-corrected chi connectivity index (χ3v) is 2.88. The van der Waals surface area contributed by atoms with Gasteiger partial charge in [0.25, 0.3) is 5.56 Å². The number of rotatable bonds is 2. The summed E-state index contributed by atoms with van der Waals surface area (Å²) in [7, 11) is 2.51. The van der Waals surface area contributed by atoms with E-state index in [0.29, 0.717) is 4.57 Å². The first kappa shape index (κ1) is 13.9. The second-order valence-electron chi connectivity index (χ2n) is 4.23. The fourth-order valence-electron chi connectivity index (χ4n) is 1.81. The van der Waals surface area contributed by atoms with E-state index < -0.39 is 39.8 Å². The number of aryl methyl sites for hydroxylation is 1. The molecule has 0 spiro atoms. The fraction of sp³-hybridized carbons (Fsp3) is 0.154. The van der Waals surface area contributed by atoms with Crippen molar-refractivity contribution in [1.29, 1.82) is 0 Å². The van der Waals surface area contributed by atoms with Gasteiger partial charge in [0.1, 0.15) is 17.2 Å². The highest BCUT2D eigenvalue weighted by atomic mass is 19.1. The number of carbonyl (C=O) groups is 1. The lowest BCUT2D eigenvalue weighted by Crippen LogP contribution is -2.39. The Hall–Kier alpha value is -2.57. The molecule has 0 atom stereocenters. The van der Waals surface area contributed by atoms with Crippen molar-refractivity contribution in [2.45, 2.75) is 0 Å². The number of hydrogen-bond acceptors (Lipinski definition) is 3. The topological polar surface area (TPSA) is 61.1 Å². The van der Waals surface area contributed by atoms with Crippen LogP contribution in [0.25, 0.3) is 0 Å². The zero-order chi connectivity index (χ0) is 15.0. The normalized spacial score (nSPS) is 10.6. The largest absolute Gasteiger partial charge is 0.330 e. The Balaban J connectivity index is 2.73. The smallest absolute Gasteiger partial charge is 0.303 e. The number of aromatic nitrogens is 2. The van der Waals surface area contributed by atoms with Gasteiger partial charge in [-0.1, -0.05) is 6.07 Å². The van der Waals surface area contributed by atoms with Gasteiger partial charge in [-0.05, 0) is 12.1 Å². The van der Waals surface area contributed by atoms with Crippen LogP contribution in [0.2, 0.25) is 0 Å². The van der Waals surface area contributed by atoms with E-state index in [-0.39, 0.29) is 0 Å². The standard InChI is InChI=1S/C13H10F2N2O3/c1-16-6-7(12(19)17(2)13(16)20)11(18)10-8(14)4-3-5-9(10)15/h3-6H,1-2H3. The molecule has 20 heavy (non-hydrogen) atoms. The molecule has 1 aromatic heterocycles. The van der Waals surface area contributed by atoms with Crippen molar-refractivity contribution in [3.63, 3.8) is 0 Å². The molecule has 0 fully saturated rings. The first-order valence-electron chi connectivity index (χ1n) is 5.60. The van der Waals surface area contributed by atoms with Crippen molar-refractivity contribution in [2.75, 3.05) is 0 Å². The molecule has 0 saturated carbocycles. The summed E-state index contributed by atoms with van der Waals surface area (Å²) in [4.78, 5) is 35.5. The van der Waals surface area contributed by atoms with Crippen molar-refractivity contribution in [2.24, 2.45) is 14.1 Å². The Morgan fingerprint density at radius 3 is 2.20 bits per heavy atom. The zero-order valence-electron chi connectivity index (χ0n) is 10.7. The number of halogens is 2. The van der Waals surface area contributed by atoms with Gasteiger partial charge >= 0.3 is 5.69 Å². The van der Waals surface area contributed by atoms with Gasteiger partial charge in [-0.3, -0.25) is 14.2 Å². The van der Waals surface area contributed by atoms with Gasteiger partial charge in [0.2, 0.25) is 5.78 Å².